The predicted molar refractivity (Wildman–Crippen MR) is 102 cm³/mol. The van der Waals surface area contributed by atoms with Gasteiger partial charge in [-0.15, -0.1) is 11.3 Å². The van der Waals surface area contributed by atoms with Gasteiger partial charge in [-0.1, -0.05) is 0 Å². The van der Waals surface area contributed by atoms with Gasteiger partial charge in [-0.3, -0.25) is 24.0 Å². The lowest BCUT2D eigenvalue weighted by atomic mass is 9.88. The van der Waals surface area contributed by atoms with E-state index in [1.54, 1.807) is 5.38 Å². The second-order valence-corrected chi connectivity index (χ2v) is 7.59. The van der Waals surface area contributed by atoms with Crippen molar-refractivity contribution in [1.29, 1.82) is 0 Å². The molecule has 0 aromatic carbocycles. The fourth-order valence-electron chi connectivity index (χ4n) is 3.12. The van der Waals surface area contributed by atoms with E-state index < -0.39 is 60.8 Å². The molecule has 170 valence electrons. The van der Waals surface area contributed by atoms with Crippen LogP contribution in [0.2, 0.25) is 0 Å². The van der Waals surface area contributed by atoms with Crippen molar-refractivity contribution >= 4 is 41.5 Å². The summed E-state index contributed by atoms with van der Waals surface area (Å²) in [7, 11) is 0. The Morgan fingerprint density at radius 2 is 1.74 bits per heavy atom. The van der Waals surface area contributed by atoms with E-state index in [1.165, 1.54) is 6.07 Å². The van der Waals surface area contributed by atoms with E-state index in [-0.39, 0.29) is 17.2 Å². The number of carboxylic acid groups (broad SMARTS) is 1. The van der Waals surface area contributed by atoms with Gasteiger partial charge in [0, 0.05) is 20.8 Å². The van der Waals surface area contributed by atoms with Crippen LogP contribution in [0, 0.1) is 5.92 Å². The Morgan fingerprint density at radius 1 is 1.10 bits per heavy atom. The van der Waals surface area contributed by atoms with Crippen molar-refractivity contribution in [3.63, 3.8) is 0 Å². The number of thiophene rings is 1. The zero-order valence-electron chi connectivity index (χ0n) is 17.0. The Hall–Kier alpha value is -2.99. The highest BCUT2D eigenvalue weighted by atomic mass is 32.1. The summed E-state index contributed by atoms with van der Waals surface area (Å²) in [5.41, 5.74) is 0. The van der Waals surface area contributed by atoms with Gasteiger partial charge >= 0.3 is 23.9 Å². The molecule has 0 amide bonds. The van der Waals surface area contributed by atoms with Crippen molar-refractivity contribution < 1.29 is 52.8 Å². The third kappa shape index (κ3) is 6.76. The molecule has 5 unspecified atom stereocenters. The highest BCUT2D eigenvalue weighted by molar-refractivity contribution is 7.12. The van der Waals surface area contributed by atoms with Gasteiger partial charge in [-0.25, -0.2) is 0 Å². The largest absolute Gasteiger partial charge is 0.481 e. The Balaban J connectivity index is 2.45. The minimum atomic E-state index is -1.32. The second-order valence-electron chi connectivity index (χ2n) is 6.64. The Labute approximate surface area is 181 Å². The predicted octanol–water partition coefficient (Wildman–Crippen LogP) is 1.18. The number of hydrogen-bond donors (Lipinski definition) is 1. The summed E-state index contributed by atoms with van der Waals surface area (Å²) >= 11 is 1.10. The number of carbonyl (C=O) groups is 5. The number of carboxylic acids is 1. The van der Waals surface area contributed by atoms with Crippen LogP contribution in [0.15, 0.2) is 11.4 Å². The van der Waals surface area contributed by atoms with Gasteiger partial charge in [0.05, 0.1) is 12.3 Å². The molecule has 1 aliphatic heterocycles. The Kier molecular flexibility index (Phi) is 8.51. The molecule has 0 spiro atoms. The molecule has 1 aromatic heterocycles. The van der Waals surface area contributed by atoms with Crippen LogP contribution in [-0.2, 0) is 38.1 Å². The monoisotopic (exact) mass is 458 g/mol. The average Bonchev–Trinajstić information content (AvgIpc) is 3.11. The summed E-state index contributed by atoms with van der Waals surface area (Å²) in [6.07, 6.45) is -5.00. The van der Waals surface area contributed by atoms with Crippen molar-refractivity contribution in [3.05, 3.63) is 16.3 Å². The fraction of sp³-hybridized carbons (Fsp3) is 0.526. The standard InChI is InChI=1S/C19H22O11S/c1-9(21)26-8-14-18(28-11(3)23)17(27-10(2)22)12(6-16(24)25)19(30-14)29-13-4-5-31-15(13)7-20/h4-5,7,12,14,17-19H,6,8H2,1-3H3,(H,24,25). The molecular weight excluding hydrogens is 436 g/mol. The van der Waals surface area contributed by atoms with Crippen molar-refractivity contribution in [2.24, 2.45) is 5.92 Å². The molecule has 0 aliphatic carbocycles. The molecule has 0 radical (unpaired) electrons. The van der Waals surface area contributed by atoms with E-state index in [2.05, 4.69) is 0 Å². The van der Waals surface area contributed by atoms with Crippen LogP contribution >= 0.6 is 11.3 Å². The molecular formula is C19H22O11S. The number of aldehydes is 1. The summed E-state index contributed by atoms with van der Waals surface area (Å²) < 4.78 is 27.1. The maximum atomic E-state index is 11.7. The topological polar surface area (TPSA) is 152 Å². The molecule has 1 saturated heterocycles. The van der Waals surface area contributed by atoms with Crippen molar-refractivity contribution in [2.45, 2.75) is 51.8 Å². The molecule has 5 atom stereocenters. The van der Waals surface area contributed by atoms with Crippen LogP contribution in [-0.4, -0.2) is 66.5 Å². The van der Waals surface area contributed by atoms with Gasteiger partial charge in [-0.2, -0.15) is 0 Å². The van der Waals surface area contributed by atoms with Gasteiger partial charge in [0.25, 0.3) is 0 Å². The highest BCUT2D eigenvalue weighted by Crippen LogP contribution is 2.36. The molecule has 2 rings (SSSR count). The molecule has 0 saturated carbocycles. The summed E-state index contributed by atoms with van der Waals surface area (Å²) in [6, 6.07) is 1.50. The van der Waals surface area contributed by atoms with Crippen molar-refractivity contribution in [2.75, 3.05) is 6.61 Å². The van der Waals surface area contributed by atoms with Gasteiger partial charge in [0.2, 0.25) is 6.29 Å². The van der Waals surface area contributed by atoms with Crippen LogP contribution in [0.1, 0.15) is 36.9 Å². The van der Waals surface area contributed by atoms with E-state index in [1.807, 2.05) is 0 Å². The number of ether oxygens (including phenoxy) is 5. The van der Waals surface area contributed by atoms with Crippen molar-refractivity contribution in [1.82, 2.24) is 0 Å². The van der Waals surface area contributed by atoms with Gasteiger partial charge in [0.15, 0.2) is 18.5 Å². The lowest BCUT2D eigenvalue weighted by Crippen LogP contribution is -2.60. The maximum absolute atomic E-state index is 11.7. The van der Waals surface area contributed by atoms with Crippen LogP contribution in [0.5, 0.6) is 5.75 Å². The van der Waals surface area contributed by atoms with E-state index >= 15 is 0 Å². The highest BCUT2D eigenvalue weighted by Gasteiger charge is 2.52. The number of carbonyl (C=O) groups excluding carboxylic acids is 4. The van der Waals surface area contributed by atoms with Crippen LogP contribution in [0.3, 0.4) is 0 Å². The molecule has 1 aromatic rings. The molecule has 1 N–H and O–H groups in total. The van der Waals surface area contributed by atoms with Gasteiger partial charge in [-0.05, 0) is 11.4 Å². The van der Waals surface area contributed by atoms with Gasteiger partial charge in [0.1, 0.15) is 23.3 Å². The summed E-state index contributed by atoms with van der Waals surface area (Å²) in [5.74, 6) is -4.36. The lowest BCUT2D eigenvalue weighted by molar-refractivity contribution is -0.271. The zero-order chi connectivity index (χ0) is 23.1. The third-order valence-electron chi connectivity index (χ3n) is 4.24. The van der Waals surface area contributed by atoms with E-state index in [4.69, 9.17) is 23.7 Å². The third-order valence-corrected chi connectivity index (χ3v) is 5.07. The molecule has 2 heterocycles. The van der Waals surface area contributed by atoms with Crippen LogP contribution in [0.25, 0.3) is 0 Å². The molecule has 1 aliphatic rings. The Bertz CT molecular complexity index is 833. The number of aliphatic carboxylic acids is 1. The lowest BCUT2D eigenvalue weighted by Gasteiger charge is -2.44. The zero-order valence-corrected chi connectivity index (χ0v) is 17.8. The smallest absolute Gasteiger partial charge is 0.304 e. The number of esters is 3. The first-order chi connectivity index (χ1) is 14.6. The summed E-state index contributed by atoms with van der Waals surface area (Å²) in [4.78, 5) is 57.7. The molecule has 12 heteroatoms. The summed E-state index contributed by atoms with van der Waals surface area (Å²) in [5, 5.41) is 11.0. The minimum Gasteiger partial charge on any atom is -0.481 e. The van der Waals surface area contributed by atoms with E-state index in [9.17, 15) is 29.1 Å². The fourth-order valence-corrected chi connectivity index (χ4v) is 3.75. The van der Waals surface area contributed by atoms with Crippen LogP contribution < -0.4 is 4.74 Å². The number of hydrogen-bond acceptors (Lipinski definition) is 11. The SMILES string of the molecule is CC(=O)OCC1OC(Oc2ccsc2C=O)C(CC(=O)O)C(OC(C)=O)C1OC(C)=O. The first-order valence-electron chi connectivity index (χ1n) is 9.16. The summed E-state index contributed by atoms with van der Waals surface area (Å²) in [6.45, 7) is 3.01. The molecule has 0 bridgehead atoms. The Morgan fingerprint density at radius 3 is 2.29 bits per heavy atom. The maximum Gasteiger partial charge on any atom is 0.304 e. The van der Waals surface area contributed by atoms with E-state index in [0.717, 1.165) is 32.1 Å². The first-order valence-corrected chi connectivity index (χ1v) is 10.0. The van der Waals surface area contributed by atoms with E-state index in [0.29, 0.717) is 6.29 Å². The molecule has 31 heavy (non-hydrogen) atoms. The average molecular weight is 458 g/mol. The minimum absolute atomic E-state index is 0.138. The number of rotatable bonds is 9. The molecule has 1 fully saturated rings. The quantitative estimate of drug-likeness (QED) is 0.322. The van der Waals surface area contributed by atoms with Crippen LogP contribution in [0.4, 0.5) is 0 Å². The van der Waals surface area contributed by atoms with Crippen molar-refractivity contribution in [3.8, 4) is 5.75 Å². The van der Waals surface area contributed by atoms with Gasteiger partial charge < -0.3 is 28.8 Å². The molecule has 11 nitrogen and oxygen atoms in total. The first kappa shape index (κ1) is 24.3. The second kappa shape index (κ2) is 10.9. The normalized spacial score (nSPS) is 25.2.